The van der Waals surface area contributed by atoms with Crippen molar-refractivity contribution < 1.29 is 26.3 Å². The average Bonchev–Trinajstić information content (AvgIpc) is 2.54. The van der Waals surface area contributed by atoms with Crippen LogP contribution in [0.25, 0.3) is 0 Å². The van der Waals surface area contributed by atoms with Crippen molar-refractivity contribution >= 4 is 11.6 Å². The van der Waals surface area contributed by atoms with E-state index < -0.39 is 23.5 Å². The van der Waals surface area contributed by atoms with Crippen LogP contribution in [0, 0.1) is 0 Å². The molecule has 1 saturated carbocycles. The molecular formula is C18H24F6N4. The second kappa shape index (κ2) is 8.59. The van der Waals surface area contributed by atoms with Gasteiger partial charge in [-0.2, -0.15) is 26.3 Å². The molecule has 28 heavy (non-hydrogen) atoms. The van der Waals surface area contributed by atoms with Crippen molar-refractivity contribution in [3.63, 3.8) is 0 Å². The Morgan fingerprint density at radius 1 is 1.00 bits per heavy atom. The Kier molecular flexibility index (Phi) is 6.84. The Balaban J connectivity index is 2.39. The SMILES string of the molecule is CC(C)NC(=N[C@H]1CCCC[C@@H]1N)Nc1cc(C(F)(F)F)cc(C(F)(F)F)c1. The number of halogens is 6. The fourth-order valence-corrected chi connectivity index (χ4v) is 3.01. The van der Waals surface area contributed by atoms with E-state index >= 15 is 0 Å². The number of alkyl halides is 6. The predicted molar refractivity (Wildman–Crippen MR) is 96.0 cm³/mol. The van der Waals surface area contributed by atoms with E-state index in [9.17, 15) is 26.3 Å². The van der Waals surface area contributed by atoms with Gasteiger partial charge in [-0.1, -0.05) is 12.8 Å². The number of rotatable bonds is 3. The molecule has 0 amide bonds. The molecule has 1 aromatic rings. The lowest BCUT2D eigenvalue weighted by Gasteiger charge is -2.27. The minimum absolute atomic E-state index is 0.0922. The van der Waals surface area contributed by atoms with E-state index in [2.05, 4.69) is 15.6 Å². The maximum absolute atomic E-state index is 13.1. The maximum Gasteiger partial charge on any atom is 0.416 e. The first-order valence-corrected chi connectivity index (χ1v) is 9.02. The molecule has 0 aromatic heterocycles. The number of anilines is 1. The minimum atomic E-state index is -4.91. The van der Waals surface area contributed by atoms with Gasteiger partial charge in [0.15, 0.2) is 5.96 Å². The largest absolute Gasteiger partial charge is 0.416 e. The van der Waals surface area contributed by atoms with Crippen LogP contribution in [-0.2, 0) is 12.4 Å². The number of nitrogens with zero attached hydrogens (tertiary/aromatic N) is 1. The third-order valence-corrected chi connectivity index (χ3v) is 4.35. The van der Waals surface area contributed by atoms with Crippen LogP contribution in [0.2, 0.25) is 0 Å². The van der Waals surface area contributed by atoms with Crippen molar-refractivity contribution in [1.82, 2.24) is 5.32 Å². The molecule has 0 radical (unpaired) electrons. The van der Waals surface area contributed by atoms with Crippen molar-refractivity contribution in [2.45, 2.75) is 70.0 Å². The van der Waals surface area contributed by atoms with Crippen LogP contribution in [0.5, 0.6) is 0 Å². The number of hydrogen-bond acceptors (Lipinski definition) is 2. The third kappa shape index (κ3) is 6.29. The van der Waals surface area contributed by atoms with Crippen molar-refractivity contribution in [2.24, 2.45) is 10.7 Å². The van der Waals surface area contributed by atoms with Gasteiger partial charge in [-0.25, -0.2) is 4.99 Å². The van der Waals surface area contributed by atoms with Gasteiger partial charge in [0.2, 0.25) is 0 Å². The number of guanidine groups is 1. The highest BCUT2D eigenvalue weighted by molar-refractivity contribution is 5.94. The molecule has 1 aliphatic rings. The quantitative estimate of drug-likeness (QED) is 0.383. The first kappa shape index (κ1) is 22.3. The molecule has 1 aliphatic carbocycles. The lowest BCUT2D eigenvalue weighted by atomic mass is 9.91. The Labute approximate surface area is 159 Å². The van der Waals surface area contributed by atoms with Gasteiger partial charge in [-0.05, 0) is 44.9 Å². The molecule has 0 aliphatic heterocycles. The Morgan fingerprint density at radius 2 is 1.54 bits per heavy atom. The van der Waals surface area contributed by atoms with Crippen LogP contribution in [-0.4, -0.2) is 24.1 Å². The Bertz CT molecular complexity index is 664. The highest BCUT2D eigenvalue weighted by Gasteiger charge is 2.37. The molecule has 0 heterocycles. The fraction of sp³-hybridized carbons (Fsp3) is 0.611. The van der Waals surface area contributed by atoms with Gasteiger partial charge in [-0.15, -0.1) is 0 Å². The molecule has 1 aromatic carbocycles. The molecule has 0 bridgehead atoms. The van der Waals surface area contributed by atoms with Gasteiger partial charge < -0.3 is 16.4 Å². The van der Waals surface area contributed by atoms with Gasteiger partial charge in [-0.3, -0.25) is 0 Å². The summed E-state index contributed by atoms with van der Waals surface area (Å²) in [6.07, 6.45) is -6.46. The molecule has 2 rings (SSSR count). The molecule has 0 spiro atoms. The number of aliphatic imine (C=N–C) groups is 1. The van der Waals surface area contributed by atoms with E-state index in [1.165, 1.54) is 0 Å². The molecular weight excluding hydrogens is 386 g/mol. The van der Waals surface area contributed by atoms with Crippen LogP contribution < -0.4 is 16.4 Å². The molecule has 0 unspecified atom stereocenters. The zero-order valence-corrected chi connectivity index (χ0v) is 15.6. The second-order valence-electron chi connectivity index (χ2n) is 7.21. The summed E-state index contributed by atoms with van der Waals surface area (Å²) < 4.78 is 78.3. The summed E-state index contributed by atoms with van der Waals surface area (Å²) in [5.74, 6) is 0.102. The molecule has 4 nitrogen and oxygen atoms in total. The van der Waals surface area contributed by atoms with Crippen LogP contribution >= 0.6 is 0 Å². The van der Waals surface area contributed by atoms with Gasteiger partial charge in [0.05, 0.1) is 17.2 Å². The zero-order chi connectivity index (χ0) is 21.1. The van der Waals surface area contributed by atoms with E-state index in [0.29, 0.717) is 18.6 Å². The van der Waals surface area contributed by atoms with Gasteiger partial charge in [0, 0.05) is 17.8 Å². The summed E-state index contributed by atoms with van der Waals surface area (Å²) >= 11 is 0. The number of nitrogens with one attached hydrogen (secondary N) is 2. The fourth-order valence-electron chi connectivity index (χ4n) is 3.01. The van der Waals surface area contributed by atoms with Crippen LogP contribution in [0.3, 0.4) is 0 Å². The Morgan fingerprint density at radius 3 is 2.00 bits per heavy atom. The predicted octanol–water partition coefficient (Wildman–Crippen LogP) is 4.76. The van der Waals surface area contributed by atoms with Gasteiger partial charge >= 0.3 is 12.4 Å². The van der Waals surface area contributed by atoms with Crippen LogP contribution in [0.15, 0.2) is 23.2 Å². The normalized spacial score (nSPS) is 21.7. The first-order valence-electron chi connectivity index (χ1n) is 9.02. The monoisotopic (exact) mass is 410 g/mol. The highest BCUT2D eigenvalue weighted by Crippen LogP contribution is 2.37. The number of benzene rings is 1. The summed E-state index contributed by atoms with van der Waals surface area (Å²) in [5, 5.41) is 5.52. The second-order valence-corrected chi connectivity index (χ2v) is 7.21. The molecule has 0 saturated heterocycles. The van der Waals surface area contributed by atoms with E-state index in [-0.39, 0.29) is 35.8 Å². The smallest absolute Gasteiger partial charge is 0.354 e. The summed E-state index contributed by atoms with van der Waals surface area (Å²) in [6.45, 7) is 3.57. The average molecular weight is 410 g/mol. The lowest BCUT2D eigenvalue weighted by molar-refractivity contribution is -0.143. The summed E-state index contributed by atoms with van der Waals surface area (Å²) in [6, 6.07) is 0.761. The first-order chi connectivity index (χ1) is 12.9. The van der Waals surface area contributed by atoms with Crippen LogP contribution in [0.4, 0.5) is 32.0 Å². The summed E-state index contributed by atoms with van der Waals surface area (Å²) in [4.78, 5) is 4.44. The van der Waals surface area contributed by atoms with Crippen molar-refractivity contribution in [1.29, 1.82) is 0 Å². The molecule has 10 heteroatoms. The van der Waals surface area contributed by atoms with E-state index in [0.717, 1.165) is 19.3 Å². The standard InChI is InChI=1S/C18H24F6N4/c1-10(2)26-16(28-15-6-4-3-5-14(15)25)27-13-8-11(17(19,20)21)7-12(9-13)18(22,23)24/h7-10,14-15H,3-6,25H2,1-2H3,(H2,26,27,28)/t14-,15-/m0/s1. The minimum Gasteiger partial charge on any atom is -0.354 e. The van der Waals surface area contributed by atoms with Crippen molar-refractivity contribution in [3.05, 3.63) is 29.3 Å². The lowest BCUT2D eigenvalue weighted by Crippen LogP contribution is -2.42. The molecule has 2 atom stereocenters. The van der Waals surface area contributed by atoms with E-state index in [1.54, 1.807) is 13.8 Å². The topological polar surface area (TPSA) is 62.4 Å². The van der Waals surface area contributed by atoms with Crippen LogP contribution in [0.1, 0.15) is 50.7 Å². The van der Waals surface area contributed by atoms with E-state index in [4.69, 9.17) is 5.73 Å². The Hall–Kier alpha value is -1.97. The highest BCUT2D eigenvalue weighted by atomic mass is 19.4. The third-order valence-electron chi connectivity index (χ3n) is 4.35. The zero-order valence-electron chi connectivity index (χ0n) is 15.6. The number of hydrogen-bond donors (Lipinski definition) is 3. The molecule has 158 valence electrons. The number of nitrogens with two attached hydrogens (primary N) is 1. The van der Waals surface area contributed by atoms with Gasteiger partial charge in [0.25, 0.3) is 0 Å². The van der Waals surface area contributed by atoms with Crippen molar-refractivity contribution in [3.8, 4) is 0 Å². The van der Waals surface area contributed by atoms with Gasteiger partial charge in [0.1, 0.15) is 0 Å². The van der Waals surface area contributed by atoms with Crippen molar-refractivity contribution in [2.75, 3.05) is 5.32 Å². The summed E-state index contributed by atoms with van der Waals surface area (Å²) in [7, 11) is 0. The maximum atomic E-state index is 13.1. The summed E-state index contributed by atoms with van der Waals surface area (Å²) in [5.41, 5.74) is 2.93. The molecule has 4 N–H and O–H groups in total. The van der Waals surface area contributed by atoms with E-state index in [1.807, 2.05) is 0 Å². The molecule has 1 fully saturated rings.